The van der Waals surface area contributed by atoms with Crippen LogP contribution in [0.3, 0.4) is 0 Å². The number of hydrogen-bond acceptors (Lipinski definition) is 6. The first kappa shape index (κ1) is 15.3. The van der Waals surface area contributed by atoms with Gasteiger partial charge in [0.15, 0.2) is 0 Å². The number of fused-ring (bicyclic) bond motifs is 1. The van der Waals surface area contributed by atoms with Crippen LogP contribution in [0, 0.1) is 0 Å². The zero-order valence-electron chi connectivity index (χ0n) is 13.7. The van der Waals surface area contributed by atoms with Crippen molar-refractivity contribution in [3.63, 3.8) is 0 Å². The normalized spacial score (nSPS) is 22.4. The van der Waals surface area contributed by atoms with E-state index in [0.717, 1.165) is 70.5 Å². The van der Waals surface area contributed by atoms with Gasteiger partial charge in [-0.25, -0.2) is 4.98 Å². The molecular formula is C17H26N4O2. The quantitative estimate of drug-likeness (QED) is 0.865. The van der Waals surface area contributed by atoms with Crippen LogP contribution in [0.5, 0.6) is 5.88 Å². The molecule has 3 heterocycles. The SMILES string of the molecule is C1Cc2nc(C3CC3)nc(OCCN3CCOCC3)c2CCN1. The monoisotopic (exact) mass is 318 g/mol. The summed E-state index contributed by atoms with van der Waals surface area (Å²) >= 11 is 0. The third-order valence-electron chi connectivity index (χ3n) is 4.85. The molecule has 0 atom stereocenters. The Morgan fingerprint density at radius 3 is 2.78 bits per heavy atom. The van der Waals surface area contributed by atoms with E-state index in [2.05, 4.69) is 10.2 Å². The Hall–Kier alpha value is -1.24. The van der Waals surface area contributed by atoms with E-state index >= 15 is 0 Å². The molecule has 4 rings (SSSR count). The number of hydrogen-bond donors (Lipinski definition) is 1. The van der Waals surface area contributed by atoms with E-state index in [0.29, 0.717) is 12.5 Å². The predicted molar refractivity (Wildman–Crippen MR) is 87.0 cm³/mol. The average Bonchev–Trinajstić information content (AvgIpc) is 3.42. The summed E-state index contributed by atoms with van der Waals surface area (Å²) in [7, 11) is 0. The molecule has 0 unspecified atom stereocenters. The van der Waals surface area contributed by atoms with E-state index in [-0.39, 0.29) is 0 Å². The summed E-state index contributed by atoms with van der Waals surface area (Å²) in [5.41, 5.74) is 2.43. The molecule has 6 nitrogen and oxygen atoms in total. The Balaban J connectivity index is 1.45. The highest BCUT2D eigenvalue weighted by Crippen LogP contribution is 2.39. The van der Waals surface area contributed by atoms with Crippen LogP contribution in [0.15, 0.2) is 0 Å². The van der Waals surface area contributed by atoms with E-state index in [9.17, 15) is 0 Å². The Morgan fingerprint density at radius 2 is 1.96 bits per heavy atom. The summed E-state index contributed by atoms with van der Waals surface area (Å²) in [6.45, 7) is 7.30. The summed E-state index contributed by atoms with van der Waals surface area (Å²) in [4.78, 5) is 12.0. The molecule has 0 amide bonds. The minimum atomic E-state index is 0.568. The van der Waals surface area contributed by atoms with E-state index in [4.69, 9.17) is 19.4 Å². The first-order valence-corrected chi connectivity index (χ1v) is 8.93. The largest absolute Gasteiger partial charge is 0.476 e. The summed E-state index contributed by atoms with van der Waals surface area (Å²) < 4.78 is 11.5. The summed E-state index contributed by atoms with van der Waals surface area (Å²) in [5.74, 6) is 2.42. The molecule has 1 aromatic heterocycles. The van der Waals surface area contributed by atoms with Crippen LogP contribution in [-0.2, 0) is 17.6 Å². The van der Waals surface area contributed by atoms with Crippen molar-refractivity contribution in [1.82, 2.24) is 20.2 Å². The van der Waals surface area contributed by atoms with E-state index in [1.807, 2.05) is 0 Å². The van der Waals surface area contributed by atoms with Crippen molar-refractivity contribution in [2.24, 2.45) is 0 Å². The molecule has 126 valence electrons. The van der Waals surface area contributed by atoms with Crippen molar-refractivity contribution < 1.29 is 9.47 Å². The molecule has 0 radical (unpaired) electrons. The van der Waals surface area contributed by atoms with Crippen LogP contribution < -0.4 is 10.1 Å². The first-order chi connectivity index (χ1) is 11.4. The molecule has 6 heteroatoms. The van der Waals surface area contributed by atoms with E-state index < -0.39 is 0 Å². The fourth-order valence-electron chi connectivity index (χ4n) is 3.27. The molecule has 1 N–H and O–H groups in total. The highest BCUT2D eigenvalue weighted by Gasteiger charge is 2.29. The zero-order chi connectivity index (χ0) is 15.5. The van der Waals surface area contributed by atoms with Crippen molar-refractivity contribution in [2.45, 2.75) is 31.6 Å². The van der Waals surface area contributed by atoms with Crippen LogP contribution in [0.25, 0.3) is 0 Å². The minimum absolute atomic E-state index is 0.568. The van der Waals surface area contributed by atoms with Crippen LogP contribution in [0.2, 0.25) is 0 Å². The van der Waals surface area contributed by atoms with Gasteiger partial charge in [-0.3, -0.25) is 4.90 Å². The Morgan fingerprint density at radius 1 is 1.13 bits per heavy atom. The second kappa shape index (κ2) is 7.11. The highest BCUT2D eigenvalue weighted by atomic mass is 16.5. The van der Waals surface area contributed by atoms with Crippen molar-refractivity contribution in [3.05, 3.63) is 17.1 Å². The van der Waals surface area contributed by atoms with Crippen molar-refractivity contribution in [2.75, 3.05) is 52.5 Å². The fraction of sp³-hybridized carbons (Fsp3) is 0.765. The van der Waals surface area contributed by atoms with Crippen molar-refractivity contribution >= 4 is 0 Å². The van der Waals surface area contributed by atoms with Crippen LogP contribution in [0.1, 0.15) is 35.8 Å². The number of morpholine rings is 1. The lowest BCUT2D eigenvalue weighted by Crippen LogP contribution is -2.38. The fourth-order valence-corrected chi connectivity index (χ4v) is 3.27. The molecule has 0 aromatic carbocycles. The van der Waals surface area contributed by atoms with Gasteiger partial charge in [-0.15, -0.1) is 0 Å². The molecule has 1 saturated carbocycles. The van der Waals surface area contributed by atoms with Gasteiger partial charge in [0.05, 0.1) is 18.9 Å². The lowest BCUT2D eigenvalue weighted by atomic mass is 10.1. The standard InChI is InChI=1S/C17H26N4O2/c1-2-13(1)16-19-15-4-6-18-5-3-14(15)17(20-16)23-12-9-21-7-10-22-11-8-21/h13,18H,1-12H2. The number of nitrogens with zero attached hydrogens (tertiary/aromatic N) is 3. The van der Waals surface area contributed by atoms with Gasteiger partial charge >= 0.3 is 0 Å². The van der Waals surface area contributed by atoms with Gasteiger partial charge in [-0.2, -0.15) is 4.98 Å². The summed E-state index contributed by atoms with van der Waals surface area (Å²) in [6, 6.07) is 0. The van der Waals surface area contributed by atoms with Gasteiger partial charge in [-0.05, 0) is 25.8 Å². The molecule has 2 fully saturated rings. The second-order valence-electron chi connectivity index (χ2n) is 6.64. The maximum absolute atomic E-state index is 6.12. The smallest absolute Gasteiger partial charge is 0.220 e. The van der Waals surface area contributed by atoms with Gasteiger partial charge < -0.3 is 14.8 Å². The molecule has 1 saturated heterocycles. The zero-order valence-corrected chi connectivity index (χ0v) is 13.7. The summed E-state index contributed by atoms with van der Waals surface area (Å²) in [5, 5.41) is 3.45. The lowest BCUT2D eigenvalue weighted by Gasteiger charge is -2.26. The molecule has 2 aliphatic heterocycles. The van der Waals surface area contributed by atoms with E-state index in [1.54, 1.807) is 0 Å². The van der Waals surface area contributed by atoms with Gasteiger partial charge in [0.1, 0.15) is 12.4 Å². The van der Waals surface area contributed by atoms with Crippen LogP contribution in [0.4, 0.5) is 0 Å². The maximum atomic E-state index is 6.12. The highest BCUT2D eigenvalue weighted by molar-refractivity contribution is 5.34. The second-order valence-corrected chi connectivity index (χ2v) is 6.64. The molecule has 1 aromatic rings. The first-order valence-electron chi connectivity index (χ1n) is 8.93. The molecule has 1 aliphatic carbocycles. The van der Waals surface area contributed by atoms with Crippen molar-refractivity contribution in [3.8, 4) is 5.88 Å². The van der Waals surface area contributed by atoms with Crippen LogP contribution >= 0.6 is 0 Å². The predicted octanol–water partition coefficient (Wildman–Crippen LogP) is 0.753. The topological polar surface area (TPSA) is 59.5 Å². The lowest BCUT2D eigenvalue weighted by molar-refractivity contribution is 0.0319. The number of ether oxygens (including phenoxy) is 2. The Bertz CT molecular complexity index is 542. The Labute approximate surface area is 137 Å². The number of nitrogens with one attached hydrogen (secondary N) is 1. The van der Waals surface area contributed by atoms with Gasteiger partial charge in [0.25, 0.3) is 0 Å². The van der Waals surface area contributed by atoms with Gasteiger partial charge in [-0.1, -0.05) is 0 Å². The number of aromatic nitrogens is 2. The third kappa shape index (κ3) is 3.82. The van der Waals surface area contributed by atoms with Gasteiger partial charge in [0.2, 0.25) is 5.88 Å². The maximum Gasteiger partial charge on any atom is 0.220 e. The third-order valence-corrected chi connectivity index (χ3v) is 4.85. The summed E-state index contributed by atoms with van der Waals surface area (Å²) in [6.07, 6.45) is 4.40. The number of rotatable bonds is 5. The van der Waals surface area contributed by atoms with Crippen LogP contribution in [-0.4, -0.2) is 67.4 Å². The molecule has 0 spiro atoms. The van der Waals surface area contributed by atoms with Crippen molar-refractivity contribution in [1.29, 1.82) is 0 Å². The van der Waals surface area contributed by atoms with E-state index in [1.165, 1.54) is 24.1 Å². The van der Waals surface area contributed by atoms with Gasteiger partial charge in [0, 0.05) is 44.1 Å². The minimum Gasteiger partial charge on any atom is -0.476 e. The molecule has 3 aliphatic rings. The molecular weight excluding hydrogens is 292 g/mol. The Kier molecular flexibility index (Phi) is 4.73. The molecule has 0 bridgehead atoms. The molecule has 23 heavy (non-hydrogen) atoms. The average molecular weight is 318 g/mol.